The van der Waals surface area contributed by atoms with Crippen LogP contribution in [0.2, 0.25) is 0 Å². The number of hydrogen-bond donors (Lipinski definition) is 1. The van der Waals surface area contributed by atoms with Crippen LogP contribution in [0.25, 0.3) is 0 Å². The molecule has 1 unspecified atom stereocenters. The number of rotatable bonds is 7. The van der Waals surface area contributed by atoms with Crippen molar-refractivity contribution in [3.8, 4) is 0 Å². The molecule has 2 aromatic rings. The van der Waals surface area contributed by atoms with Crippen molar-refractivity contribution in [3.63, 3.8) is 0 Å². The maximum atomic E-state index is 12.7. The lowest BCUT2D eigenvalue weighted by Gasteiger charge is -2.27. The third-order valence-electron chi connectivity index (χ3n) is 5.10. The van der Waals surface area contributed by atoms with Crippen LogP contribution in [0.3, 0.4) is 0 Å². The minimum atomic E-state index is -0.944. The fourth-order valence-corrected chi connectivity index (χ4v) is 3.47. The number of benzene rings is 2. The summed E-state index contributed by atoms with van der Waals surface area (Å²) >= 11 is 0. The minimum absolute atomic E-state index is 0.320. The quantitative estimate of drug-likeness (QED) is 0.433. The van der Waals surface area contributed by atoms with Crippen molar-refractivity contribution in [2.75, 3.05) is 7.11 Å². The molecule has 6 nitrogen and oxygen atoms in total. The second-order valence-corrected chi connectivity index (χ2v) is 7.14. The SMILES string of the molecule is COC(=O)C(C(=O)NCc1ccccc1)[C@@H]1C=C[C@H](OC(=O)c2ccccc2)CC1. The van der Waals surface area contributed by atoms with Crippen LogP contribution in [0.4, 0.5) is 0 Å². The van der Waals surface area contributed by atoms with E-state index in [0.29, 0.717) is 24.9 Å². The molecule has 0 saturated carbocycles. The van der Waals surface area contributed by atoms with Gasteiger partial charge in [-0.15, -0.1) is 0 Å². The van der Waals surface area contributed by atoms with Gasteiger partial charge in [0.15, 0.2) is 0 Å². The van der Waals surface area contributed by atoms with E-state index in [2.05, 4.69) is 5.32 Å². The fraction of sp³-hybridized carbons (Fsp3) is 0.292. The van der Waals surface area contributed by atoms with Gasteiger partial charge < -0.3 is 14.8 Å². The molecule has 0 saturated heterocycles. The van der Waals surface area contributed by atoms with Crippen molar-refractivity contribution < 1.29 is 23.9 Å². The molecule has 1 aliphatic rings. The van der Waals surface area contributed by atoms with Gasteiger partial charge in [0, 0.05) is 6.54 Å². The van der Waals surface area contributed by atoms with E-state index in [0.717, 1.165) is 5.56 Å². The van der Waals surface area contributed by atoms with Crippen molar-refractivity contribution in [2.45, 2.75) is 25.5 Å². The van der Waals surface area contributed by atoms with Crippen LogP contribution in [-0.4, -0.2) is 31.1 Å². The van der Waals surface area contributed by atoms with E-state index in [-0.39, 0.29) is 17.9 Å². The molecule has 30 heavy (non-hydrogen) atoms. The molecule has 0 aromatic heterocycles. The summed E-state index contributed by atoms with van der Waals surface area (Å²) in [6.45, 7) is 0.334. The zero-order valence-electron chi connectivity index (χ0n) is 16.8. The van der Waals surface area contributed by atoms with Crippen LogP contribution in [-0.2, 0) is 25.6 Å². The Balaban J connectivity index is 1.61. The zero-order valence-corrected chi connectivity index (χ0v) is 16.8. The molecule has 3 atom stereocenters. The highest BCUT2D eigenvalue weighted by Crippen LogP contribution is 2.28. The van der Waals surface area contributed by atoms with Gasteiger partial charge in [-0.1, -0.05) is 54.6 Å². The number of carbonyl (C=O) groups excluding carboxylic acids is 3. The summed E-state index contributed by atoms with van der Waals surface area (Å²) in [5.74, 6) is -2.61. The Morgan fingerprint density at radius 2 is 1.63 bits per heavy atom. The first-order chi connectivity index (χ1) is 14.6. The van der Waals surface area contributed by atoms with Crippen molar-refractivity contribution in [1.82, 2.24) is 5.32 Å². The maximum absolute atomic E-state index is 12.7. The number of ether oxygens (including phenoxy) is 2. The molecular weight excluding hydrogens is 382 g/mol. The molecule has 0 heterocycles. The van der Waals surface area contributed by atoms with Gasteiger partial charge in [-0.05, 0) is 42.5 Å². The summed E-state index contributed by atoms with van der Waals surface area (Å²) < 4.78 is 10.4. The number of esters is 2. The van der Waals surface area contributed by atoms with Gasteiger partial charge in [-0.25, -0.2) is 4.79 Å². The normalized spacial score (nSPS) is 18.8. The Labute approximate surface area is 175 Å². The largest absolute Gasteiger partial charge is 0.468 e. The number of allylic oxidation sites excluding steroid dienone is 1. The van der Waals surface area contributed by atoms with E-state index >= 15 is 0 Å². The Hall–Kier alpha value is -3.41. The highest BCUT2D eigenvalue weighted by atomic mass is 16.5. The first-order valence-electron chi connectivity index (χ1n) is 9.92. The molecule has 6 heteroatoms. The van der Waals surface area contributed by atoms with Gasteiger partial charge in [0.25, 0.3) is 0 Å². The number of amides is 1. The first-order valence-corrected chi connectivity index (χ1v) is 9.92. The molecule has 0 radical (unpaired) electrons. The summed E-state index contributed by atoms with van der Waals surface area (Å²) in [5.41, 5.74) is 1.43. The standard InChI is InChI=1S/C24H25NO5/c1-29-24(28)21(22(26)25-16-17-8-4-2-5-9-17)18-12-14-20(15-13-18)30-23(27)19-10-6-3-7-11-19/h2-12,14,18,20-21H,13,15-16H2,1H3,(H,25,26)/t18-,20+,21?/m1/s1. The number of carbonyl (C=O) groups is 3. The highest BCUT2D eigenvalue weighted by molar-refractivity contribution is 5.98. The van der Waals surface area contributed by atoms with Crippen LogP contribution < -0.4 is 5.32 Å². The molecule has 156 valence electrons. The van der Waals surface area contributed by atoms with Gasteiger partial charge in [-0.3, -0.25) is 9.59 Å². The van der Waals surface area contributed by atoms with Crippen molar-refractivity contribution in [2.24, 2.45) is 11.8 Å². The average Bonchev–Trinajstić information content (AvgIpc) is 2.80. The van der Waals surface area contributed by atoms with E-state index in [1.807, 2.05) is 36.4 Å². The molecule has 1 N–H and O–H groups in total. The maximum Gasteiger partial charge on any atom is 0.338 e. The van der Waals surface area contributed by atoms with Crippen LogP contribution in [0.1, 0.15) is 28.8 Å². The lowest BCUT2D eigenvalue weighted by Crippen LogP contribution is -2.41. The topological polar surface area (TPSA) is 81.7 Å². The molecule has 1 amide bonds. The number of hydrogen-bond acceptors (Lipinski definition) is 5. The third kappa shape index (κ3) is 5.56. The zero-order chi connectivity index (χ0) is 21.3. The summed E-state index contributed by atoms with van der Waals surface area (Å²) in [6.07, 6.45) is 4.19. The van der Waals surface area contributed by atoms with E-state index in [1.54, 1.807) is 36.4 Å². The van der Waals surface area contributed by atoms with Crippen LogP contribution >= 0.6 is 0 Å². The lowest BCUT2D eigenvalue weighted by atomic mass is 9.83. The molecule has 0 bridgehead atoms. The Morgan fingerprint density at radius 3 is 2.23 bits per heavy atom. The first kappa shape index (κ1) is 21.3. The highest BCUT2D eigenvalue weighted by Gasteiger charge is 2.36. The molecule has 0 spiro atoms. The Bertz CT molecular complexity index is 894. The van der Waals surface area contributed by atoms with Gasteiger partial charge in [0.05, 0.1) is 12.7 Å². The molecule has 0 aliphatic heterocycles. The van der Waals surface area contributed by atoms with Gasteiger partial charge in [-0.2, -0.15) is 0 Å². The van der Waals surface area contributed by atoms with E-state index in [4.69, 9.17) is 9.47 Å². The van der Waals surface area contributed by atoms with Crippen LogP contribution in [0.5, 0.6) is 0 Å². The van der Waals surface area contributed by atoms with E-state index in [1.165, 1.54) is 7.11 Å². The second-order valence-electron chi connectivity index (χ2n) is 7.14. The molecule has 0 fully saturated rings. The lowest BCUT2D eigenvalue weighted by molar-refractivity contribution is -0.152. The summed E-state index contributed by atoms with van der Waals surface area (Å²) in [4.78, 5) is 37.3. The van der Waals surface area contributed by atoms with Gasteiger partial charge >= 0.3 is 11.9 Å². The third-order valence-corrected chi connectivity index (χ3v) is 5.10. The summed E-state index contributed by atoms with van der Waals surface area (Å²) in [5, 5.41) is 2.82. The molecule has 2 aromatic carbocycles. The monoisotopic (exact) mass is 407 g/mol. The van der Waals surface area contributed by atoms with Gasteiger partial charge in [0.2, 0.25) is 5.91 Å². The Morgan fingerprint density at radius 1 is 0.967 bits per heavy atom. The van der Waals surface area contributed by atoms with E-state index in [9.17, 15) is 14.4 Å². The molecular formula is C24H25NO5. The van der Waals surface area contributed by atoms with Crippen molar-refractivity contribution in [1.29, 1.82) is 0 Å². The molecule has 3 rings (SSSR count). The minimum Gasteiger partial charge on any atom is -0.468 e. The summed E-state index contributed by atoms with van der Waals surface area (Å²) in [6, 6.07) is 18.3. The smallest absolute Gasteiger partial charge is 0.338 e. The average molecular weight is 407 g/mol. The number of methoxy groups -OCH3 is 1. The van der Waals surface area contributed by atoms with Crippen molar-refractivity contribution >= 4 is 17.8 Å². The van der Waals surface area contributed by atoms with Crippen LogP contribution in [0, 0.1) is 11.8 Å². The van der Waals surface area contributed by atoms with Crippen LogP contribution in [0.15, 0.2) is 72.8 Å². The Kier molecular flexibility index (Phi) is 7.38. The second kappa shape index (κ2) is 10.4. The number of nitrogens with one attached hydrogen (secondary N) is 1. The predicted octanol–water partition coefficient (Wildman–Crippen LogP) is 3.28. The fourth-order valence-electron chi connectivity index (χ4n) is 3.47. The molecule has 1 aliphatic carbocycles. The predicted molar refractivity (Wildman–Crippen MR) is 111 cm³/mol. The summed E-state index contributed by atoms with van der Waals surface area (Å²) in [7, 11) is 1.27. The van der Waals surface area contributed by atoms with Crippen molar-refractivity contribution in [3.05, 3.63) is 83.9 Å². The van der Waals surface area contributed by atoms with Gasteiger partial charge in [0.1, 0.15) is 12.0 Å². The van der Waals surface area contributed by atoms with E-state index < -0.39 is 17.9 Å².